The van der Waals surface area contributed by atoms with E-state index in [4.69, 9.17) is 4.74 Å². The molecule has 0 radical (unpaired) electrons. The molecule has 0 bridgehead atoms. The molecule has 3 rings (SSSR count). The molecule has 3 nitrogen and oxygen atoms in total. The fraction of sp³-hybridized carbons (Fsp3) is 0.250. The highest BCUT2D eigenvalue weighted by Crippen LogP contribution is 2.32. The lowest BCUT2D eigenvalue weighted by atomic mass is 10.0. The fourth-order valence-electron chi connectivity index (χ4n) is 3.03. The molecular formula is C20H21NO2. The molecule has 0 spiro atoms. The van der Waals surface area contributed by atoms with E-state index in [1.54, 1.807) is 0 Å². The first-order valence-electron chi connectivity index (χ1n) is 8.01. The van der Waals surface area contributed by atoms with Crippen molar-refractivity contribution in [2.75, 3.05) is 6.61 Å². The van der Waals surface area contributed by atoms with E-state index in [-0.39, 0.29) is 0 Å². The topological polar surface area (TPSA) is 30.7 Å². The number of hydrogen-bond acceptors (Lipinski definition) is 2. The molecule has 0 N–H and O–H groups in total. The number of aromatic nitrogens is 1. The normalized spacial score (nSPS) is 10.9. The van der Waals surface area contributed by atoms with Crippen LogP contribution >= 0.6 is 0 Å². The van der Waals surface area contributed by atoms with Gasteiger partial charge in [0.1, 0.15) is 5.75 Å². The van der Waals surface area contributed by atoms with E-state index < -0.39 is 0 Å². The van der Waals surface area contributed by atoms with Crippen LogP contribution in [0.2, 0.25) is 0 Å². The van der Waals surface area contributed by atoms with Gasteiger partial charge in [0.2, 0.25) is 0 Å². The van der Waals surface area contributed by atoms with Gasteiger partial charge in [-0.1, -0.05) is 19.1 Å². The summed E-state index contributed by atoms with van der Waals surface area (Å²) in [5.74, 6) is 0.923. The maximum Gasteiger partial charge on any atom is 0.167 e. The number of fused-ring (bicyclic) bond motifs is 1. The van der Waals surface area contributed by atoms with Gasteiger partial charge in [-0.2, -0.15) is 0 Å². The third-order valence-electron chi connectivity index (χ3n) is 4.23. The predicted molar refractivity (Wildman–Crippen MR) is 93.5 cm³/mol. The number of carbonyl (C=O) groups is 1. The molecule has 0 amide bonds. The van der Waals surface area contributed by atoms with Crippen molar-refractivity contribution in [2.45, 2.75) is 27.2 Å². The van der Waals surface area contributed by atoms with E-state index in [0.717, 1.165) is 46.2 Å². The Labute approximate surface area is 136 Å². The molecule has 2 aromatic heterocycles. The Kier molecular flexibility index (Phi) is 4.20. The third-order valence-corrected chi connectivity index (χ3v) is 4.23. The molecule has 0 atom stereocenters. The Morgan fingerprint density at radius 2 is 2.00 bits per heavy atom. The molecule has 23 heavy (non-hydrogen) atoms. The first-order chi connectivity index (χ1) is 11.2. The van der Waals surface area contributed by atoms with Crippen molar-refractivity contribution in [3.63, 3.8) is 0 Å². The molecule has 0 saturated heterocycles. The highest BCUT2D eigenvalue weighted by Gasteiger charge is 2.14. The van der Waals surface area contributed by atoms with Gasteiger partial charge in [-0.15, -0.1) is 0 Å². The van der Waals surface area contributed by atoms with Crippen LogP contribution in [0.25, 0.3) is 16.6 Å². The maximum atomic E-state index is 11.7. The van der Waals surface area contributed by atoms with Gasteiger partial charge >= 0.3 is 0 Å². The summed E-state index contributed by atoms with van der Waals surface area (Å²) in [5.41, 5.74) is 6.09. The predicted octanol–water partition coefficient (Wildman–Crippen LogP) is 4.69. The summed E-state index contributed by atoms with van der Waals surface area (Å²) in [7, 11) is 0. The van der Waals surface area contributed by atoms with Gasteiger partial charge in [0.25, 0.3) is 0 Å². The molecular weight excluding hydrogens is 286 g/mol. The van der Waals surface area contributed by atoms with Gasteiger partial charge in [0.05, 0.1) is 12.3 Å². The molecule has 0 aliphatic carbocycles. The number of aldehydes is 1. The number of pyridine rings is 1. The van der Waals surface area contributed by atoms with Crippen molar-refractivity contribution in [3.05, 3.63) is 59.4 Å². The summed E-state index contributed by atoms with van der Waals surface area (Å²) in [6, 6.07) is 12.3. The molecule has 3 heteroatoms. The van der Waals surface area contributed by atoms with Gasteiger partial charge in [-0.25, -0.2) is 0 Å². The van der Waals surface area contributed by atoms with Gasteiger partial charge in [0.15, 0.2) is 6.29 Å². The lowest BCUT2D eigenvalue weighted by Gasteiger charge is -2.10. The van der Waals surface area contributed by atoms with Crippen LogP contribution in [0.3, 0.4) is 0 Å². The first-order valence-corrected chi connectivity index (χ1v) is 8.01. The van der Waals surface area contributed by atoms with Crippen LogP contribution < -0.4 is 4.74 Å². The summed E-state index contributed by atoms with van der Waals surface area (Å²) in [5, 5.41) is 0. The zero-order valence-electron chi connectivity index (χ0n) is 13.8. The molecule has 118 valence electrons. The average Bonchev–Trinajstić information content (AvgIpc) is 2.95. The SMILES string of the molecule is CCOc1ccc(-c2cc3c(C)cccn3c2C=O)cc1CC. The Morgan fingerprint density at radius 1 is 1.17 bits per heavy atom. The van der Waals surface area contributed by atoms with Crippen LogP contribution in [0.4, 0.5) is 0 Å². The molecule has 0 unspecified atom stereocenters. The number of rotatable bonds is 5. The van der Waals surface area contributed by atoms with Crippen LogP contribution in [-0.2, 0) is 6.42 Å². The molecule has 2 heterocycles. The zero-order chi connectivity index (χ0) is 16.4. The van der Waals surface area contributed by atoms with E-state index in [0.29, 0.717) is 12.3 Å². The van der Waals surface area contributed by atoms with Crippen LogP contribution in [0, 0.1) is 6.92 Å². The number of ether oxygens (including phenoxy) is 1. The van der Waals surface area contributed by atoms with Crippen molar-refractivity contribution >= 4 is 11.8 Å². The van der Waals surface area contributed by atoms with Gasteiger partial charge in [-0.05, 0) is 61.2 Å². The fourth-order valence-corrected chi connectivity index (χ4v) is 3.03. The van der Waals surface area contributed by atoms with Crippen LogP contribution in [0.1, 0.15) is 35.5 Å². The van der Waals surface area contributed by atoms with Gasteiger partial charge in [0, 0.05) is 17.3 Å². The minimum atomic E-state index is 0.654. The second-order valence-electron chi connectivity index (χ2n) is 5.62. The van der Waals surface area contributed by atoms with E-state index in [1.165, 1.54) is 0 Å². The monoisotopic (exact) mass is 307 g/mol. The maximum absolute atomic E-state index is 11.7. The Bertz CT molecular complexity index is 861. The minimum absolute atomic E-state index is 0.654. The van der Waals surface area contributed by atoms with Crippen molar-refractivity contribution in [2.24, 2.45) is 0 Å². The largest absolute Gasteiger partial charge is 0.494 e. The number of carbonyl (C=O) groups excluding carboxylic acids is 1. The quantitative estimate of drug-likeness (QED) is 0.640. The summed E-state index contributed by atoms with van der Waals surface area (Å²) in [4.78, 5) is 11.7. The highest BCUT2D eigenvalue weighted by atomic mass is 16.5. The molecule has 0 aliphatic rings. The Morgan fingerprint density at radius 3 is 2.70 bits per heavy atom. The van der Waals surface area contributed by atoms with Gasteiger partial charge < -0.3 is 9.14 Å². The lowest BCUT2D eigenvalue weighted by molar-refractivity contribution is 0.111. The third kappa shape index (κ3) is 2.63. The van der Waals surface area contributed by atoms with Crippen LogP contribution in [0.15, 0.2) is 42.6 Å². The summed E-state index contributed by atoms with van der Waals surface area (Å²) in [6.45, 7) is 6.81. The molecule has 0 fully saturated rings. The van der Waals surface area contributed by atoms with Crippen molar-refractivity contribution < 1.29 is 9.53 Å². The van der Waals surface area contributed by atoms with E-state index >= 15 is 0 Å². The van der Waals surface area contributed by atoms with E-state index in [1.807, 2.05) is 35.7 Å². The Balaban J connectivity index is 2.20. The van der Waals surface area contributed by atoms with Crippen molar-refractivity contribution in [1.29, 1.82) is 0 Å². The molecule has 1 aromatic carbocycles. The van der Waals surface area contributed by atoms with Crippen molar-refractivity contribution in [3.8, 4) is 16.9 Å². The highest BCUT2D eigenvalue weighted by molar-refractivity contribution is 5.90. The zero-order valence-corrected chi connectivity index (χ0v) is 13.8. The molecule has 0 aliphatic heterocycles. The number of aryl methyl sites for hydroxylation is 2. The number of hydrogen-bond donors (Lipinski definition) is 0. The van der Waals surface area contributed by atoms with Crippen LogP contribution in [0.5, 0.6) is 5.75 Å². The summed E-state index contributed by atoms with van der Waals surface area (Å²) < 4.78 is 7.64. The second kappa shape index (κ2) is 6.29. The number of nitrogens with zero attached hydrogens (tertiary/aromatic N) is 1. The summed E-state index contributed by atoms with van der Waals surface area (Å²) in [6.07, 6.45) is 3.76. The van der Waals surface area contributed by atoms with Crippen LogP contribution in [-0.4, -0.2) is 17.3 Å². The van der Waals surface area contributed by atoms with E-state index in [9.17, 15) is 4.79 Å². The lowest BCUT2D eigenvalue weighted by Crippen LogP contribution is -1.97. The number of benzene rings is 1. The molecule has 0 saturated carbocycles. The smallest absolute Gasteiger partial charge is 0.167 e. The standard InChI is InChI=1S/C20H21NO2/c1-4-15-11-16(8-9-20(15)23-5-2)17-12-18-14(3)7-6-10-21(18)19(17)13-22/h6-13H,4-5H2,1-3H3. The summed E-state index contributed by atoms with van der Waals surface area (Å²) >= 11 is 0. The Hall–Kier alpha value is -2.55. The second-order valence-corrected chi connectivity index (χ2v) is 5.62. The average molecular weight is 307 g/mol. The first kappa shape index (κ1) is 15.3. The minimum Gasteiger partial charge on any atom is -0.494 e. The van der Waals surface area contributed by atoms with E-state index in [2.05, 4.69) is 32.0 Å². The van der Waals surface area contributed by atoms with Crippen molar-refractivity contribution in [1.82, 2.24) is 4.40 Å². The molecule has 3 aromatic rings. The van der Waals surface area contributed by atoms with Gasteiger partial charge in [-0.3, -0.25) is 4.79 Å².